The Bertz CT molecular complexity index is 258. The lowest BCUT2D eigenvalue weighted by Gasteiger charge is -2.35. The van der Waals surface area contributed by atoms with E-state index in [-0.39, 0.29) is 6.04 Å². The molecule has 3 nitrogen and oxygen atoms in total. The first-order valence-corrected chi connectivity index (χ1v) is 7.05. The van der Waals surface area contributed by atoms with Crippen molar-refractivity contribution < 1.29 is 13.2 Å². The average Bonchev–Trinajstić information content (AvgIpc) is 2.48. The smallest absolute Gasteiger partial charge is 0.307 e. The molecule has 0 bridgehead atoms. The summed E-state index contributed by atoms with van der Waals surface area (Å²) >= 11 is 0. The molecule has 0 amide bonds. The summed E-state index contributed by atoms with van der Waals surface area (Å²) in [6.45, 7) is 6.68. The van der Waals surface area contributed by atoms with Crippen molar-refractivity contribution in [3.8, 4) is 0 Å². The van der Waals surface area contributed by atoms with Crippen LogP contribution in [-0.2, 0) is 0 Å². The first-order valence-electron chi connectivity index (χ1n) is 7.05. The molecule has 1 saturated heterocycles. The molecule has 0 radical (unpaired) electrons. The van der Waals surface area contributed by atoms with E-state index >= 15 is 0 Å². The van der Waals surface area contributed by atoms with Gasteiger partial charge in [0.05, 0.1) is 6.54 Å². The summed E-state index contributed by atoms with van der Waals surface area (Å²) in [6, 6.07) is 0.578. The Hall–Kier alpha value is -0.330. The van der Waals surface area contributed by atoms with E-state index < -0.39 is 12.7 Å². The molecular weight excluding hydrogens is 255 g/mol. The van der Waals surface area contributed by atoms with E-state index in [1.165, 1.54) is 0 Å². The molecule has 1 fully saturated rings. The van der Waals surface area contributed by atoms with Gasteiger partial charge in [-0.1, -0.05) is 6.92 Å². The Labute approximate surface area is 114 Å². The quantitative estimate of drug-likeness (QED) is 0.831. The maximum atomic E-state index is 12.1. The lowest BCUT2D eigenvalue weighted by Crippen LogP contribution is -2.49. The van der Waals surface area contributed by atoms with Crippen molar-refractivity contribution in [1.82, 2.24) is 15.1 Å². The van der Waals surface area contributed by atoms with Gasteiger partial charge < -0.3 is 10.2 Å². The summed E-state index contributed by atoms with van der Waals surface area (Å²) in [4.78, 5) is 4.66. The lowest BCUT2D eigenvalue weighted by atomic mass is 10.1. The van der Waals surface area contributed by atoms with Gasteiger partial charge in [-0.25, -0.2) is 0 Å². The summed E-state index contributed by atoms with van der Waals surface area (Å²) in [6.07, 6.45) is -2.01. The molecular formula is C13H26F3N3. The van der Waals surface area contributed by atoms with E-state index in [0.29, 0.717) is 12.6 Å². The number of likely N-dealkylation sites (N-methyl/N-ethyl adjacent to an activating group) is 1. The van der Waals surface area contributed by atoms with Gasteiger partial charge in [0.25, 0.3) is 0 Å². The Morgan fingerprint density at radius 1 is 1.32 bits per heavy atom. The number of nitrogens with one attached hydrogen (secondary N) is 1. The second kappa shape index (κ2) is 7.45. The van der Waals surface area contributed by atoms with Crippen LogP contribution in [0.25, 0.3) is 0 Å². The summed E-state index contributed by atoms with van der Waals surface area (Å²) in [7, 11) is 2.11. The van der Waals surface area contributed by atoms with Crippen LogP contribution in [0.15, 0.2) is 0 Å². The minimum atomic E-state index is -4.12. The second-order valence-corrected chi connectivity index (χ2v) is 5.51. The molecule has 1 heterocycles. The number of halogens is 3. The van der Waals surface area contributed by atoms with Gasteiger partial charge in [0.15, 0.2) is 0 Å². The van der Waals surface area contributed by atoms with Crippen LogP contribution >= 0.6 is 0 Å². The first-order chi connectivity index (χ1) is 8.83. The third-order valence-corrected chi connectivity index (χ3v) is 3.75. The van der Waals surface area contributed by atoms with Crippen LogP contribution < -0.4 is 5.32 Å². The summed E-state index contributed by atoms with van der Waals surface area (Å²) < 4.78 is 36.4. The fourth-order valence-electron chi connectivity index (χ4n) is 2.75. The van der Waals surface area contributed by atoms with E-state index in [4.69, 9.17) is 0 Å². The molecule has 0 saturated carbocycles. The van der Waals surface area contributed by atoms with Gasteiger partial charge in [0.2, 0.25) is 0 Å². The van der Waals surface area contributed by atoms with Crippen molar-refractivity contribution in [3.63, 3.8) is 0 Å². The molecule has 1 N–H and O–H groups in total. The van der Waals surface area contributed by atoms with Crippen LogP contribution in [0.2, 0.25) is 0 Å². The van der Waals surface area contributed by atoms with Gasteiger partial charge in [-0.15, -0.1) is 0 Å². The molecule has 1 aliphatic heterocycles. The minimum absolute atomic E-state index is 0.138. The standard InChI is InChI=1S/C13H26F3N3/c1-4-12-9-18(3)6-5-7-19(12)11(2)8-17-10-13(14,15)16/h11-12,17H,4-10H2,1-3H3. The summed E-state index contributed by atoms with van der Waals surface area (Å²) in [5.74, 6) is 0. The zero-order valence-electron chi connectivity index (χ0n) is 12.1. The molecule has 0 aromatic heterocycles. The molecule has 0 aliphatic carbocycles. The van der Waals surface area contributed by atoms with Gasteiger partial charge in [-0.05, 0) is 33.4 Å². The summed E-state index contributed by atoms with van der Waals surface area (Å²) in [5.41, 5.74) is 0. The number of nitrogens with zero attached hydrogens (tertiary/aromatic N) is 2. The average molecular weight is 281 g/mol. The Morgan fingerprint density at radius 3 is 2.58 bits per heavy atom. The molecule has 0 spiro atoms. The molecule has 0 aromatic rings. The van der Waals surface area contributed by atoms with Gasteiger partial charge >= 0.3 is 6.18 Å². The van der Waals surface area contributed by atoms with Gasteiger partial charge in [0, 0.05) is 31.7 Å². The third-order valence-electron chi connectivity index (χ3n) is 3.75. The molecule has 2 atom stereocenters. The first kappa shape index (κ1) is 16.7. The van der Waals surface area contributed by atoms with Crippen molar-refractivity contribution in [1.29, 1.82) is 0 Å². The number of hydrogen-bond acceptors (Lipinski definition) is 3. The molecule has 114 valence electrons. The predicted octanol–water partition coefficient (Wildman–Crippen LogP) is 1.94. The van der Waals surface area contributed by atoms with E-state index in [2.05, 4.69) is 29.1 Å². The number of rotatable bonds is 5. The normalized spacial score (nSPS) is 25.3. The van der Waals surface area contributed by atoms with Crippen molar-refractivity contribution >= 4 is 0 Å². The van der Waals surface area contributed by atoms with Crippen LogP contribution in [0.1, 0.15) is 26.7 Å². The van der Waals surface area contributed by atoms with Crippen LogP contribution in [0, 0.1) is 0 Å². The number of alkyl halides is 3. The molecule has 2 unspecified atom stereocenters. The molecule has 1 aliphatic rings. The zero-order chi connectivity index (χ0) is 14.5. The fraction of sp³-hybridized carbons (Fsp3) is 1.00. The van der Waals surface area contributed by atoms with Gasteiger partial charge in [0.1, 0.15) is 0 Å². The SMILES string of the molecule is CCC1CN(C)CCCN1C(C)CNCC(F)(F)F. The highest BCUT2D eigenvalue weighted by Crippen LogP contribution is 2.16. The van der Waals surface area contributed by atoms with E-state index in [9.17, 15) is 13.2 Å². The van der Waals surface area contributed by atoms with Crippen LogP contribution in [-0.4, -0.2) is 67.8 Å². The van der Waals surface area contributed by atoms with Crippen LogP contribution in [0.4, 0.5) is 13.2 Å². The monoisotopic (exact) mass is 281 g/mol. The highest BCUT2D eigenvalue weighted by molar-refractivity contribution is 4.82. The molecule has 0 aromatic carbocycles. The second-order valence-electron chi connectivity index (χ2n) is 5.51. The molecule has 1 rings (SSSR count). The maximum Gasteiger partial charge on any atom is 0.401 e. The largest absolute Gasteiger partial charge is 0.401 e. The van der Waals surface area contributed by atoms with Gasteiger partial charge in [-0.2, -0.15) is 13.2 Å². The van der Waals surface area contributed by atoms with Crippen molar-refractivity contribution in [3.05, 3.63) is 0 Å². The highest BCUT2D eigenvalue weighted by Gasteiger charge is 2.29. The Morgan fingerprint density at radius 2 is 2.00 bits per heavy atom. The summed E-state index contributed by atoms with van der Waals surface area (Å²) in [5, 5.41) is 2.52. The van der Waals surface area contributed by atoms with Crippen molar-refractivity contribution in [2.75, 3.05) is 39.8 Å². The third kappa shape index (κ3) is 6.10. The fourth-order valence-corrected chi connectivity index (χ4v) is 2.75. The zero-order valence-corrected chi connectivity index (χ0v) is 12.1. The van der Waals surface area contributed by atoms with Crippen molar-refractivity contribution in [2.24, 2.45) is 0 Å². The van der Waals surface area contributed by atoms with Crippen LogP contribution in [0.5, 0.6) is 0 Å². The topological polar surface area (TPSA) is 18.5 Å². The minimum Gasteiger partial charge on any atom is -0.307 e. The Balaban J connectivity index is 2.46. The van der Waals surface area contributed by atoms with E-state index in [0.717, 1.165) is 32.5 Å². The van der Waals surface area contributed by atoms with E-state index in [1.807, 2.05) is 6.92 Å². The lowest BCUT2D eigenvalue weighted by molar-refractivity contribution is -0.125. The Kier molecular flexibility index (Phi) is 6.56. The number of hydrogen-bond donors (Lipinski definition) is 1. The molecule has 19 heavy (non-hydrogen) atoms. The highest BCUT2D eigenvalue weighted by atomic mass is 19.4. The predicted molar refractivity (Wildman–Crippen MR) is 71.3 cm³/mol. The van der Waals surface area contributed by atoms with Gasteiger partial charge in [-0.3, -0.25) is 4.90 Å². The molecule has 6 heteroatoms. The van der Waals surface area contributed by atoms with Crippen LogP contribution in [0.3, 0.4) is 0 Å². The maximum absolute atomic E-state index is 12.1. The van der Waals surface area contributed by atoms with E-state index in [1.54, 1.807) is 0 Å². The van der Waals surface area contributed by atoms with Crippen molar-refractivity contribution in [2.45, 2.75) is 44.9 Å².